The molecule has 4 nitrogen and oxygen atoms in total. The first-order chi connectivity index (χ1) is 10.2. The minimum Gasteiger partial charge on any atom is -0.496 e. The van der Waals surface area contributed by atoms with Gasteiger partial charge in [-0.2, -0.15) is 0 Å². The molecule has 2 atom stereocenters. The number of ether oxygens (including phenoxy) is 3. The topological polar surface area (TPSA) is 39.7 Å². The van der Waals surface area contributed by atoms with Crippen LogP contribution in [0.4, 0.5) is 0 Å². The molecule has 0 aliphatic rings. The first-order valence-electron chi connectivity index (χ1n) is 7.56. The van der Waals surface area contributed by atoms with Gasteiger partial charge >= 0.3 is 0 Å². The first kappa shape index (κ1) is 18.0. The van der Waals surface area contributed by atoms with E-state index < -0.39 is 0 Å². The molecule has 0 bridgehead atoms. The Balaban J connectivity index is 2.80. The molecule has 0 saturated carbocycles. The smallest absolute Gasteiger partial charge is 0.124 e. The number of methoxy groups -OCH3 is 3. The number of hydrogen-bond acceptors (Lipinski definition) is 4. The van der Waals surface area contributed by atoms with E-state index in [4.69, 9.17) is 14.2 Å². The molecule has 0 aliphatic heterocycles. The predicted molar refractivity (Wildman–Crippen MR) is 85.8 cm³/mol. The second-order valence-electron chi connectivity index (χ2n) is 5.33. The van der Waals surface area contributed by atoms with Crippen LogP contribution >= 0.6 is 0 Å². The van der Waals surface area contributed by atoms with Gasteiger partial charge in [-0.1, -0.05) is 19.4 Å². The Morgan fingerprint density at radius 1 is 1.14 bits per heavy atom. The van der Waals surface area contributed by atoms with Gasteiger partial charge in [0.05, 0.1) is 20.3 Å². The summed E-state index contributed by atoms with van der Waals surface area (Å²) in [5.41, 5.74) is 2.31. The summed E-state index contributed by atoms with van der Waals surface area (Å²) in [4.78, 5) is 0. The van der Waals surface area contributed by atoms with E-state index in [0.717, 1.165) is 30.8 Å². The molecule has 1 rings (SSSR count). The van der Waals surface area contributed by atoms with E-state index in [1.807, 2.05) is 6.07 Å². The fourth-order valence-corrected chi connectivity index (χ4v) is 2.55. The van der Waals surface area contributed by atoms with Crippen molar-refractivity contribution in [2.24, 2.45) is 0 Å². The van der Waals surface area contributed by atoms with Crippen molar-refractivity contribution in [3.05, 3.63) is 29.3 Å². The van der Waals surface area contributed by atoms with E-state index in [1.165, 1.54) is 5.56 Å². The van der Waals surface area contributed by atoms with Gasteiger partial charge in [-0.15, -0.1) is 0 Å². The third-order valence-electron chi connectivity index (χ3n) is 3.59. The van der Waals surface area contributed by atoms with Gasteiger partial charge in [0.2, 0.25) is 0 Å². The molecule has 0 amide bonds. The lowest BCUT2D eigenvalue weighted by Crippen LogP contribution is -2.35. The van der Waals surface area contributed by atoms with Crippen LogP contribution in [-0.2, 0) is 16.1 Å². The lowest BCUT2D eigenvalue weighted by molar-refractivity contribution is 0.157. The molecule has 0 fully saturated rings. The molecule has 1 N–H and O–H groups in total. The fraction of sp³-hybridized carbons (Fsp3) is 0.647. The second kappa shape index (κ2) is 9.77. The van der Waals surface area contributed by atoms with Gasteiger partial charge in [0, 0.05) is 31.9 Å². The van der Waals surface area contributed by atoms with Crippen molar-refractivity contribution in [2.75, 3.05) is 27.9 Å². The lowest BCUT2D eigenvalue weighted by atomic mass is 10.0. The van der Waals surface area contributed by atoms with Crippen LogP contribution in [0.3, 0.4) is 0 Å². The van der Waals surface area contributed by atoms with Crippen LogP contribution in [0.5, 0.6) is 5.75 Å². The Labute approximate surface area is 128 Å². The van der Waals surface area contributed by atoms with Gasteiger partial charge in [0.1, 0.15) is 5.75 Å². The third kappa shape index (κ3) is 5.65. The van der Waals surface area contributed by atoms with E-state index in [0.29, 0.717) is 12.6 Å². The molecular weight excluding hydrogens is 266 g/mol. The summed E-state index contributed by atoms with van der Waals surface area (Å²) in [7, 11) is 5.13. The zero-order valence-electron chi connectivity index (χ0n) is 13.9. The van der Waals surface area contributed by atoms with Crippen molar-refractivity contribution < 1.29 is 14.2 Å². The maximum Gasteiger partial charge on any atom is 0.124 e. The molecule has 0 radical (unpaired) electrons. The highest BCUT2D eigenvalue weighted by atomic mass is 16.5. The quantitative estimate of drug-likeness (QED) is 0.719. The van der Waals surface area contributed by atoms with Gasteiger partial charge in [-0.3, -0.25) is 0 Å². The highest BCUT2D eigenvalue weighted by molar-refractivity contribution is 5.38. The van der Waals surface area contributed by atoms with Crippen LogP contribution in [0.25, 0.3) is 0 Å². The summed E-state index contributed by atoms with van der Waals surface area (Å²) in [5, 5.41) is 3.64. The summed E-state index contributed by atoms with van der Waals surface area (Å²) >= 11 is 0. The Kier molecular flexibility index (Phi) is 8.35. The van der Waals surface area contributed by atoms with Crippen molar-refractivity contribution >= 4 is 0 Å². The number of benzene rings is 1. The van der Waals surface area contributed by atoms with Crippen molar-refractivity contribution in [3.63, 3.8) is 0 Å². The van der Waals surface area contributed by atoms with E-state index >= 15 is 0 Å². The summed E-state index contributed by atoms with van der Waals surface area (Å²) < 4.78 is 15.9. The molecule has 0 spiro atoms. The minimum atomic E-state index is 0.262. The Bertz CT molecular complexity index is 403. The van der Waals surface area contributed by atoms with Gasteiger partial charge in [0.25, 0.3) is 0 Å². The Morgan fingerprint density at radius 2 is 1.90 bits per heavy atom. The van der Waals surface area contributed by atoms with E-state index in [9.17, 15) is 0 Å². The van der Waals surface area contributed by atoms with Crippen LogP contribution in [0.1, 0.15) is 43.9 Å². The molecule has 0 aliphatic carbocycles. The SMILES string of the molecule is CCCC(COC)NC(C)c1ccc(OC)c(COC)c1. The van der Waals surface area contributed by atoms with E-state index in [-0.39, 0.29) is 6.04 Å². The zero-order chi connectivity index (χ0) is 15.7. The molecule has 0 saturated heterocycles. The largest absolute Gasteiger partial charge is 0.496 e. The molecule has 0 aromatic heterocycles. The normalized spacial score (nSPS) is 14.0. The maximum atomic E-state index is 5.37. The number of nitrogens with one attached hydrogen (secondary N) is 1. The van der Waals surface area contributed by atoms with Crippen molar-refractivity contribution in [1.29, 1.82) is 0 Å². The van der Waals surface area contributed by atoms with Crippen molar-refractivity contribution in [1.82, 2.24) is 5.32 Å². The highest BCUT2D eigenvalue weighted by Crippen LogP contribution is 2.24. The van der Waals surface area contributed by atoms with Crippen molar-refractivity contribution in [2.45, 2.75) is 45.4 Å². The Hall–Kier alpha value is -1.10. The minimum absolute atomic E-state index is 0.262. The van der Waals surface area contributed by atoms with Crippen LogP contribution in [0.15, 0.2) is 18.2 Å². The summed E-state index contributed by atoms with van der Waals surface area (Å²) in [5.74, 6) is 0.870. The van der Waals surface area contributed by atoms with Gasteiger partial charge in [0.15, 0.2) is 0 Å². The molecule has 4 heteroatoms. The monoisotopic (exact) mass is 295 g/mol. The van der Waals surface area contributed by atoms with Crippen molar-refractivity contribution in [3.8, 4) is 5.75 Å². The van der Waals surface area contributed by atoms with E-state index in [1.54, 1.807) is 21.3 Å². The third-order valence-corrected chi connectivity index (χ3v) is 3.59. The molecule has 21 heavy (non-hydrogen) atoms. The van der Waals surface area contributed by atoms with Crippen LogP contribution in [0, 0.1) is 0 Å². The number of rotatable bonds is 10. The standard InChI is InChI=1S/C17H29NO3/c1-6-7-16(12-20-4)18-13(2)14-8-9-17(21-5)15(10-14)11-19-3/h8-10,13,16,18H,6-7,11-12H2,1-5H3. The average Bonchev–Trinajstić information content (AvgIpc) is 2.48. The van der Waals surface area contributed by atoms with E-state index in [2.05, 4.69) is 31.3 Å². The first-order valence-corrected chi connectivity index (χ1v) is 7.56. The predicted octanol–water partition coefficient (Wildman–Crippen LogP) is 3.31. The molecule has 1 aromatic carbocycles. The average molecular weight is 295 g/mol. The summed E-state index contributed by atoms with van der Waals surface area (Å²) in [6.45, 7) is 5.66. The molecule has 0 heterocycles. The summed E-state index contributed by atoms with van der Waals surface area (Å²) in [6.07, 6.45) is 2.25. The van der Waals surface area contributed by atoms with Crippen LogP contribution < -0.4 is 10.1 Å². The molecule has 2 unspecified atom stereocenters. The fourth-order valence-electron chi connectivity index (χ4n) is 2.55. The van der Waals surface area contributed by atoms with Gasteiger partial charge in [-0.25, -0.2) is 0 Å². The molecule has 120 valence electrons. The highest BCUT2D eigenvalue weighted by Gasteiger charge is 2.14. The van der Waals surface area contributed by atoms with Gasteiger partial charge < -0.3 is 19.5 Å². The molecule has 1 aromatic rings. The lowest BCUT2D eigenvalue weighted by Gasteiger charge is -2.23. The van der Waals surface area contributed by atoms with Crippen LogP contribution in [0.2, 0.25) is 0 Å². The zero-order valence-corrected chi connectivity index (χ0v) is 13.9. The number of hydrogen-bond donors (Lipinski definition) is 1. The maximum absolute atomic E-state index is 5.37. The van der Waals surface area contributed by atoms with Crippen LogP contribution in [-0.4, -0.2) is 34.0 Å². The Morgan fingerprint density at radius 3 is 2.48 bits per heavy atom. The second-order valence-corrected chi connectivity index (χ2v) is 5.33. The van der Waals surface area contributed by atoms with Gasteiger partial charge in [-0.05, 0) is 31.0 Å². The molecular formula is C17H29NO3. The summed E-state index contributed by atoms with van der Waals surface area (Å²) in [6, 6.07) is 6.90.